The van der Waals surface area contributed by atoms with E-state index in [1.165, 1.54) is 19.4 Å². The van der Waals surface area contributed by atoms with Gasteiger partial charge < -0.3 is 19.9 Å². The number of likely N-dealkylation sites (N-methyl/N-ethyl adjacent to an activating group) is 1. The zero-order valence-electron chi connectivity index (χ0n) is 14.0. The molecule has 2 saturated heterocycles. The van der Waals surface area contributed by atoms with Crippen LogP contribution in [0.5, 0.6) is 0 Å². The van der Waals surface area contributed by atoms with Gasteiger partial charge in [-0.2, -0.15) is 0 Å². The van der Waals surface area contributed by atoms with Crippen LogP contribution in [0.1, 0.15) is 40.0 Å². The largest absolute Gasteiger partial charge is 0.444 e. The van der Waals surface area contributed by atoms with Crippen molar-refractivity contribution in [2.45, 2.75) is 51.7 Å². The Kier molecular flexibility index (Phi) is 5.49. The van der Waals surface area contributed by atoms with Gasteiger partial charge in [0, 0.05) is 25.7 Å². The van der Waals surface area contributed by atoms with E-state index in [1.54, 1.807) is 0 Å². The van der Waals surface area contributed by atoms with Crippen molar-refractivity contribution >= 4 is 6.09 Å². The van der Waals surface area contributed by atoms with Crippen molar-refractivity contribution in [1.29, 1.82) is 0 Å². The first-order valence-electron chi connectivity index (χ1n) is 8.23. The number of nitrogens with zero attached hydrogens (tertiary/aromatic N) is 2. The topological polar surface area (TPSA) is 44.8 Å². The number of likely N-dealkylation sites (tertiary alicyclic amines) is 2. The Balaban J connectivity index is 1.74. The van der Waals surface area contributed by atoms with Gasteiger partial charge in [-0.15, -0.1) is 0 Å². The molecule has 2 atom stereocenters. The van der Waals surface area contributed by atoms with E-state index in [1.807, 2.05) is 25.7 Å². The highest BCUT2D eigenvalue weighted by atomic mass is 16.6. The molecule has 2 fully saturated rings. The highest BCUT2D eigenvalue weighted by Gasteiger charge is 2.28. The molecule has 21 heavy (non-hydrogen) atoms. The van der Waals surface area contributed by atoms with E-state index >= 15 is 0 Å². The van der Waals surface area contributed by atoms with Crippen LogP contribution in [0.3, 0.4) is 0 Å². The lowest BCUT2D eigenvalue weighted by Gasteiger charge is -2.34. The van der Waals surface area contributed by atoms with Crippen LogP contribution in [-0.4, -0.2) is 67.3 Å². The molecule has 5 nitrogen and oxygen atoms in total. The first kappa shape index (κ1) is 16.6. The second kappa shape index (κ2) is 6.97. The van der Waals surface area contributed by atoms with Crippen LogP contribution in [0.15, 0.2) is 0 Å². The minimum absolute atomic E-state index is 0.159. The Morgan fingerprint density at radius 2 is 2.00 bits per heavy atom. The fraction of sp³-hybridized carbons (Fsp3) is 0.938. The number of piperidine rings is 1. The predicted octanol–water partition coefficient (Wildman–Crippen LogP) is 1.93. The lowest BCUT2D eigenvalue weighted by atomic mass is 9.98. The van der Waals surface area contributed by atoms with E-state index in [4.69, 9.17) is 4.74 Å². The molecule has 0 spiro atoms. The minimum Gasteiger partial charge on any atom is -0.444 e. The number of hydrogen-bond donors (Lipinski definition) is 1. The fourth-order valence-electron chi connectivity index (χ4n) is 3.16. The van der Waals surface area contributed by atoms with E-state index < -0.39 is 5.60 Å². The van der Waals surface area contributed by atoms with Crippen molar-refractivity contribution in [2.24, 2.45) is 5.92 Å². The molecule has 1 amide bonds. The van der Waals surface area contributed by atoms with Gasteiger partial charge in [0.1, 0.15) is 5.60 Å². The second-order valence-corrected chi connectivity index (χ2v) is 7.59. The normalized spacial score (nSPS) is 27.9. The van der Waals surface area contributed by atoms with Crippen LogP contribution in [-0.2, 0) is 4.74 Å². The number of ether oxygens (including phenoxy) is 1. The number of hydrogen-bond acceptors (Lipinski definition) is 4. The van der Waals surface area contributed by atoms with Gasteiger partial charge in [-0.1, -0.05) is 0 Å². The maximum Gasteiger partial charge on any atom is 0.410 e. The molecule has 2 unspecified atom stereocenters. The molecule has 0 aromatic rings. The monoisotopic (exact) mass is 297 g/mol. The van der Waals surface area contributed by atoms with Gasteiger partial charge in [0.25, 0.3) is 0 Å². The third-order valence-electron chi connectivity index (χ3n) is 4.26. The molecule has 0 aliphatic carbocycles. The summed E-state index contributed by atoms with van der Waals surface area (Å²) in [7, 11) is 2.17. The smallest absolute Gasteiger partial charge is 0.410 e. The highest BCUT2D eigenvalue weighted by Crippen LogP contribution is 2.19. The van der Waals surface area contributed by atoms with Crippen molar-refractivity contribution in [3.05, 3.63) is 0 Å². The Morgan fingerprint density at radius 3 is 2.62 bits per heavy atom. The second-order valence-electron chi connectivity index (χ2n) is 7.59. The molecular formula is C16H31N3O2. The highest BCUT2D eigenvalue weighted by molar-refractivity contribution is 5.68. The van der Waals surface area contributed by atoms with E-state index in [0.29, 0.717) is 12.0 Å². The van der Waals surface area contributed by atoms with Crippen LogP contribution in [0, 0.1) is 5.92 Å². The summed E-state index contributed by atoms with van der Waals surface area (Å²) in [6.07, 6.45) is 3.36. The third-order valence-corrected chi connectivity index (χ3v) is 4.26. The molecule has 122 valence electrons. The summed E-state index contributed by atoms with van der Waals surface area (Å²) in [6.45, 7) is 10.8. The number of rotatable bonds is 3. The van der Waals surface area contributed by atoms with Gasteiger partial charge in [0.2, 0.25) is 0 Å². The molecule has 2 rings (SSSR count). The Bertz CT molecular complexity index is 354. The van der Waals surface area contributed by atoms with Crippen molar-refractivity contribution < 1.29 is 9.53 Å². The van der Waals surface area contributed by atoms with E-state index in [-0.39, 0.29) is 6.09 Å². The number of carbonyl (C=O) groups excluding carboxylic acids is 1. The van der Waals surface area contributed by atoms with E-state index in [0.717, 1.165) is 32.6 Å². The average Bonchev–Trinajstić information content (AvgIpc) is 2.81. The molecule has 0 radical (unpaired) electrons. The van der Waals surface area contributed by atoms with E-state index in [2.05, 4.69) is 17.3 Å². The van der Waals surface area contributed by atoms with Gasteiger partial charge in [0.05, 0.1) is 0 Å². The summed E-state index contributed by atoms with van der Waals surface area (Å²) >= 11 is 0. The molecule has 0 saturated carbocycles. The summed E-state index contributed by atoms with van der Waals surface area (Å²) in [5.74, 6) is 0.553. The van der Waals surface area contributed by atoms with Crippen LogP contribution in [0.2, 0.25) is 0 Å². The lowest BCUT2D eigenvalue weighted by Crippen LogP contribution is -2.46. The van der Waals surface area contributed by atoms with Crippen molar-refractivity contribution in [3.63, 3.8) is 0 Å². The summed E-state index contributed by atoms with van der Waals surface area (Å²) < 4.78 is 5.48. The molecule has 2 aliphatic rings. The maximum absolute atomic E-state index is 12.1. The quantitative estimate of drug-likeness (QED) is 0.864. The van der Waals surface area contributed by atoms with E-state index in [9.17, 15) is 4.79 Å². The lowest BCUT2D eigenvalue weighted by molar-refractivity contribution is 0.0165. The Morgan fingerprint density at radius 1 is 1.24 bits per heavy atom. The number of carbonyl (C=O) groups is 1. The summed E-state index contributed by atoms with van der Waals surface area (Å²) in [5, 5.41) is 3.67. The minimum atomic E-state index is -0.406. The first-order valence-corrected chi connectivity index (χ1v) is 8.23. The number of nitrogens with one attached hydrogen (secondary N) is 1. The molecule has 2 heterocycles. The summed E-state index contributed by atoms with van der Waals surface area (Å²) in [5.41, 5.74) is -0.406. The third kappa shape index (κ3) is 5.47. The predicted molar refractivity (Wildman–Crippen MR) is 84.4 cm³/mol. The molecule has 0 aromatic heterocycles. The zero-order chi connectivity index (χ0) is 15.5. The SMILES string of the molecule is CN1CCC(NCC2CCCN(C(=O)OC(C)(C)C)C2)C1. The standard InChI is InChI=1S/C16H31N3O2/c1-16(2,3)21-15(20)19-8-5-6-13(11-19)10-17-14-7-9-18(4)12-14/h13-14,17H,5-12H2,1-4H3. The van der Waals surface area contributed by atoms with Crippen LogP contribution in [0.4, 0.5) is 4.79 Å². The van der Waals surface area contributed by atoms with Crippen LogP contribution >= 0.6 is 0 Å². The molecule has 2 aliphatic heterocycles. The van der Waals surface area contributed by atoms with Gasteiger partial charge in [-0.25, -0.2) is 4.79 Å². The number of amides is 1. The van der Waals surface area contributed by atoms with Gasteiger partial charge in [-0.05, 0) is 66.1 Å². The Labute approximate surface area is 129 Å². The molecule has 1 N–H and O–H groups in total. The summed E-state index contributed by atoms with van der Waals surface area (Å²) in [6, 6.07) is 0.618. The molecule has 0 bridgehead atoms. The zero-order valence-corrected chi connectivity index (χ0v) is 14.0. The average molecular weight is 297 g/mol. The van der Waals surface area contributed by atoms with Crippen LogP contribution in [0.25, 0.3) is 0 Å². The van der Waals surface area contributed by atoms with Gasteiger partial charge >= 0.3 is 6.09 Å². The summed E-state index contributed by atoms with van der Waals surface area (Å²) in [4.78, 5) is 16.4. The first-order chi connectivity index (χ1) is 9.83. The van der Waals surface area contributed by atoms with Crippen molar-refractivity contribution in [3.8, 4) is 0 Å². The Hall–Kier alpha value is -0.810. The maximum atomic E-state index is 12.1. The van der Waals surface area contributed by atoms with Crippen LogP contribution < -0.4 is 5.32 Å². The fourth-order valence-corrected chi connectivity index (χ4v) is 3.16. The van der Waals surface area contributed by atoms with Gasteiger partial charge in [0.15, 0.2) is 0 Å². The van der Waals surface area contributed by atoms with Crippen molar-refractivity contribution in [2.75, 3.05) is 39.8 Å². The molecule has 0 aromatic carbocycles. The molecular weight excluding hydrogens is 266 g/mol. The van der Waals surface area contributed by atoms with Gasteiger partial charge in [-0.3, -0.25) is 0 Å². The van der Waals surface area contributed by atoms with Crippen molar-refractivity contribution in [1.82, 2.24) is 15.1 Å². The molecule has 5 heteroatoms.